The van der Waals surface area contributed by atoms with Crippen LogP contribution in [0.3, 0.4) is 0 Å². The molecule has 0 spiro atoms. The molecule has 0 aliphatic carbocycles. The summed E-state index contributed by atoms with van der Waals surface area (Å²) in [5.74, 6) is 0.693. The maximum atomic E-state index is 11.1. The number of piperidine rings is 1. The molecule has 0 saturated carbocycles. The Hall–Kier alpha value is -1.60. The molecular weight excluding hydrogens is 266 g/mol. The van der Waals surface area contributed by atoms with E-state index >= 15 is 0 Å². The van der Waals surface area contributed by atoms with Crippen LogP contribution in [0.25, 0.3) is 10.9 Å². The van der Waals surface area contributed by atoms with Gasteiger partial charge in [-0.3, -0.25) is 5.10 Å². The number of aromatic nitrogens is 2. The van der Waals surface area contributed by atoms with E-state index in [0.29, 0.717) is 16.7 Å². The van der Waals surface area contributed by atoms with Gasteiger partial charge in [-0.15, -0.1) is 0 Å². The highest BCUT2D eigenvalue weighted by Crippen LogP contribution is 2.24. The highest BCUT2D eigenvalue weighted by atomic mass is 32.2. The van der Waals surface area contributed by atoms with Gasteiger partial charge < -0.3 is 10.1 Å². The predicted molar refractivity (Wildman–Crippen MR) is 71.2 cm³/mol. The highest BCUT2D eigenvalue weighted by molar-refractivity contribution is 7.72. The van der Waals surface area contributed by atoms with Crippen molar-refractivity contribution in [2.75, 3.05) is 13.1 Å². The number of H-pyrrole nitrogens is 1. The Bertz CT molecular complexity index is 651. The number of aromatic amines is 1. The largest absolute Gasteiger partial charge is 0.490 e. The molecule has 1 aromatic heterocycles. The monoisotopic (exact) mass is 281 g/mol. The lowest BCUT2D eigenvalue weighted by Crippen LogP contribution is -2.34. The second kappa shape index (κ2) is 5.18. The van der Waals surface area contributed by atoms with E-state index < -0.39 is 10.7 Å². The Balaban J connectivity index is 1.89. The first kappa shape index (κ1) is 12.4. The smallest absolute Gasteiger partial charge is 0.188 e. The van der Waals surface area contributed by atoms with Gasteiger partial charge in [-0.1, -0.05) is 0 Å². The van der Waals surface area contributed by atoms with Crippen LogP contribution in [0.2, 0.25) is 0 Å². The third-order valence-corrected chi connectivity index (χ3v) is 3.96. The molecule has 0 radical (unpaired) electrons. The average molecular weight is 281 g/mol. The molecule has 1 aliphatic heterocycles. The van der Waals surface area contributed by atoms with E-state index in [4.69, 9.17) is 4.74 Å². The van der Waals surface area contributed by atoms with E-state index in [-0.39, 0.29) is 11.1 Å². The molecule has 0 unspecified atom stereocenters. The van der Waals surface area contributed by atoms with Crippen LogP contribution in [0.4, 0.5) is 0 Å². The van der Waals surface area contributed by atoms with Gasteiger partial charge in [0.05, 0.1) is 5.52 Å². The Morgan fingerprint density at radius 2 is 2.05 bits per heavy atom. The molecule has 0 bridgehead atoms. The number of benzene rings is 1. The van der Waals surface area contributed by atoms with Crippen LogP contribution >= 0.6 is 0 Å². The minimum atomic E-state index is -2.70. The standard InChI is InChI=1S/C12H15N3O3S/c16-19(17)12-10-7-9(1-2-11(10)14-15-12)18-8-3-5-13-6-4-8/h1-2,7-8,13,19H,3-6H2,(H,14,15). The minimum absolute atomic E-state index is 0.0701. The second-order valence-corrected chi connectivity index (χ2v) is 5.52. The van der Waals surface area contributed by atoms with Gasteiger partial charge >= 0.3 is 0 Å². The zero-order valence-corrected chi connectivity index (χ0v) is 11.2. The van der Waals surface area contributed by atoms with Crippen molar-refractivity contribution in [3.8, 4) is 5.75 Å². The molecule has 1 aliphatic rings. The molecule has 2 aromatic rings. The number of nitrogens with one attached hydrogen (secondary N) is 2. The summed E-state index contributed by atoms with van der Waals surface area (Å²) in [6.45, 7) is 1.91. The number of hydrogen-bond acceptors (Lipinski definition) is 5. The first-order valence-corrected chi connectivity index (χ1v) is 7.41. The molecular formula is C12H15N3O3S. The fourth-order valence-corrected chi connectivity index (χ4v) is 2.81. The molecule has 7 heteroatoms. The first-order chi connectivity index (χ1) is 9.24. The second-order valence-electron chi connectivity index (χ2n) is 4.58. The molecule has 1 aromatic carbocycles. The maximum absolute atomic E-state index is 11.1. The Morgan fingerprint density at radius 3 is 2.79 bits per heavy atom. The van der Waals surface area contributed by atoms with E-state index in [9.17, 15) is 8.42 Å². The SMILES string of the molecule is O=[SH](=O)c1n[nH]c2ccc(OC3CCNCC3)cc12. The van der Waals surface area contributed by atoms with Gasteiger partial charge in [0.2, 0.25) is 0 Å². The fourth-order valence-electron chi connectivity index (χ4n) is 2.30. The highest BCUT2D eigenvalue weighted by Gasteiger charge is 2.15. The van der Waals surface area contributed by atoms with E-state index in [1.54, 1.807) is 12.1 Å². The van der Waals surface area contributed by atoms with Crippen LogP contribution in [0, 0.1) is 0 Å². The summed E-state index contributed by atoms with van der Waals surface area (Å²) >= 11 is 0. The normalized spacial score (nSPS) is 17.1. The Labute approximate surface area is 112 Å². The number of rotatable bonds is 3. The summed E-state index contributed by atoms with van der Waals surface area (Å²) in [5, 5.41) is 10.4. The molecule has 19 heavy (non-hydrogen) atoms. The van der Waals surface area contributed by atoms with E-state index in [2.05, 4.69) is 15.5 Å². The molecule has 2 heterocycles. The summed E-state index contributed by atoms with van der Waals surface area (Å²) in [6.07, 6.45) is 2.12. The predicted octanol–water partition coefficient (Wildman–Crippen LogP) is 0.664. The van der Waals surface area contributed by atoms with Crippen LogP contribution in [0.15, 0.2) is 23.2 Å². The van der Waals surface area contributed by atoms with E-state index in [1.165, 1.54) is 0 Å². The number of thiol groups is 1. The summed E-state index contributed by atoms with van der Waals surface area (Å²) in [5.41, 5.74) is 0.701. The molecule has 102 valence electrons. The Morgan fingerprint density at radius 1 is 1.26 bits per heavy atom. The molecule has 0 atom stereocenters. The molecule has 1 saturated heterocycles. The van der Waals surface area contributed by atoms with Crippen LogP contribution in [-0.2, 0) is 10.7 Å². The van der Waals surface area contributed by atoms with Crippen LogP contribution in [0.5, 0.6) is 5.75 Å². The lowest BCUT2D eigenvalue weighted by atomic mass is 10.1. The fraction of sp³-hybridized carbons (Fsp3) is 0.417. The molecule has 6 nitrogen and oxygen atoms in total. The van der Waals surface area contributed by atoms with Crippen LogP contribution in [0.1, 0.15) is 12.8 Å². The van der Waals surface area contributed by atoms with Crippen molar-refractivity contribution < 1.29 is 13.2 Å². The molecule has 1 fully saturated rings. The summed E-state index contributed by atoms with van der Waals surface area (Å²) in [7, 11) is -2.70. The topological polar surface area (TPSA) is 84.1 Å². The molecule has 2 N–H and O–H groups in total. The van der Waals surface area contributed by atoms with Crippen molar-refractivity contribution >= 4 is 21.6 Å². The third kappa shape index (κ3) is 2.57. The zero-order valence-electron chi connectivity index (χ0n) is 10.3. The maximum Gasteiger partial charge on any atom is 0.188 e. The quantitative estimate of drug-likeness (QED) is 0.720. The van der Waals surface area contributed by atoms with Crippen molar-refractivity contribution in [3.05, 3.63) is 18.2 Å². The van der Waals surface area contributed by atoms with Crippen molar-refractivity contribution in [1.29, 1.82) is 0 Å². The van der Waals surface area contributed by atoms with Crippen LogP contribution < -0.4 is 10.1 Å². The van der Waals surface area contributed by atoms with Gasteiger partial charge in [0.25, 0.3) is 0 Å². The van der Waals surface area contributed by atoms with Crippen LogP contribution in [-0.4, -0.2) is 37.8 Å². The van der Waals surface area contributed by atoms with Crippen molar-refractivity contribution in [2.45, 2.75) is 24.0 Å². The van der Waals surface area contributed by atoms with Gasteiger partial charge in [0, 0.05) is 5.39 Å². The first-order valence-electron chi connectivity index (χ1n) is 6.24. The van der Waals surface area contributed by atoms with Crippen molar-refractivity contribution in [3.63, 3.8) is 0 Å². The lowest BCUT2D eigenvalue weighted by Gasteiger charge is -2.23. The minimum Gasteiger partial charge on any atom is -0.490 e. The van der Waals surface area contributed by atoms with Gasteiger partial charge in [0.1, 0.15) is 11.9 Å². The number of ether oxygens (including phenoxy) is 1. The number of hydrogen-bond donors (Lipinski definition) is 3. The van der Waals surface area contributed by atoms with Crippen molar-refractivity contribution in [1.82, 2.24) is 15.5 Å². The van der Waals surface area contributed by atoms with E-state index in [0.717, 1.165) is 25.9 Å². The van der Waals surface area contributed by atoms with Gasteiger partial charge in [-0.05, 0) is 44.1 Å². The summed E-state index contributed by atoms with van der Waals surface area (Å²) < 4.78 is 28.1. The summed E-state index contributed by atoms with van der Waals surface area (Å²) in [4.78, 5) is 0. The lowest BCUT2D eigenvalue weighted by molar-refractivity contribution is 0.162. The Kier molecular flexibility index (Phi) is 3.39. The van der Waals surface area contributed by atoms with Gasteiger partial charge in [-0.25, -0.2) is 8.42 Å². The molecule has 3 rings (SSSR count). The van der Waals surface area contributed by atoms with Crippen molar-refractivity contribution in [2.24, 2.45) is 0 Å². The number of fused-ring (bicyclic) bond motifs is 1. The van der Waals surface area contributed by atoms with Gasteiger partial charge in [0.15, 0.2) is 15.7 Å². The van der Waals surface area contributed by atoms with E-state index in [1.807, 2.05) is 6.07 Å². The number of nitrogens with zero attached hydrogens (tertiary/aromatic N) is 1. The average Bonchev–Trinajstić information content (AvgIpc) is 2.83. The summed E-state index contributed by atoms with van der Waals surface area (Å²) in [6, 6.07) is 5.37. The zero-order chi connectivity index (χ0) is 13.2. The van der Waals surface area contributed by atoms with Gasteiger partial charge in [-0.2, -0.15) is 5.10 Å². The third-order valence-electron chi connectivity index (χ3n) is 3.28. The molecule has 0 amide bonds.